The van der Waals surface area contributed by atoms with E-state index in [-0.39, 0.29) is 12.7 Å². The van der Waals surface area contributed by atoms with Crippen LogP contribution in [0.15, 0.2) is 60.7 Å². The lowest BCUT2D eigenvalue weighted by molar-refractivity contribution is -0.131. The predicted octanol–water partition coefficient (Wildman–Crippen LogP) is 3.15. The van der Waals surface area contributed by atoms with Crippen LogP contribution >= 0.6 is 0 Å². The second-order valence-electron chi connectivity index (χ2n) is 7.70. The molecule has 0 N–H and O–H groups in total. The molecule has 0 saturated carbocycles. The van der Waals surface area contributed by atoms with E-state index in [9.17, 15) is 4.79 Å². The number of fused-ring (bicyclic) bond motifs is 1. The lowest BCUT2D eigenvalue weighted by Gasteiger charge is -2.35. The van der Waals surface area contributed by atoms with Crippen molar-refractivity contribution in [3.63, 3.8) is 0 Å². The Morgan fingerprint density at radius 1 is 0.871 bits per heavy atom. The van der Waals surface area contributed by atoms with Gasteiger partial charge in [0.15, 0.2) is 17.3 Å². The molecule has 2 aromatic carbocycles. The Labute approximate surface area is 181 Å². The highest BCUT2D eigenvalue weighted by atomic mass is 16.7. The minimum absolute atomic E-state index is 0.216. The van der Waals surface area contributed by atoms with Gasteiger partial charge in [0.05, 0.1) is 5.69 Å². The van der Waals surface area contributed by atoms with Gasteiger partial charge in [0, 0.05) is 38.2 Å². The summed E-state index contributed by atoms with van der Waals surface area (Å²) in [6, 6.07) is 19.9. The van der Waals surface area contributed by atoms with Gasteiger partial charge in [0.2, 0.25) is 12.7 Å². The minimum atomic E-state index is 0.216. The zero-order chi connectivity index (χ0) is 21.0. The van der Waals surface area contributed by atoms with Crippen molar-refractivity contribution in [2.75, 3.05) is 37.9 Å². The topological polar surface area (TPSA) is 67.8 Å². The molecule has 2 aliphatic rings. The SMILES string of the molecule is O=C(CCc1ccccc1)N1CCN(c2ccc(-c3ccc4c(c3)OCO4)nn2)CC1. The van der Waals surface area contributed by atoms with Gasteiger partial charge in [0.25, 0.3) is 0 Å². The van der Waals surface area contributed by atoms with Crippen LogP contribution in [0, 0.1) is 0 Å². The van der Waals surface area contributed by atoms with Crippen molar-refractivity contribution < 1.29 is 14.3 Å². The first-order valence-corrected chi connectivity index (χ1v) is 10.6. The molecule has 1 fully saturated rings. The molecule has 2 aliphatic heterocycles. The third-order valence-corrected chi connectivity index (χ3v) is 5.75. The van der Waals surface area contributed by atoms with Gasteiger partial charge >= 0.3 is 0 Å². The second-order valence-corrected chi connectivity index (χ2v) is 7.70. The number of hydrogen-bond acceptors (Lipinski definition) is 6. The summed E-state index contributed by atoms with van der Waals surface area (Å²) in [5.74, 6) is 2.54. The van der Waals surface area contributed by atoms with Crippen LogP contribution in [-0.2, 0) is 11.2 Å². The fourth-order valence-corrected chi connectivity index (χ4v) is 3.94. The van der Waals surface area contributed by atoms with Crippen LogP contribution in [0.1, 0.15) is 12.0 Å². The van der Waals surface area contributed by atoms with Crippen molar-refractivity contribution in [2.45, 2.75) is 12.8 Å². The Hall–Kier alpha value is -3.61. The van der Waals surface area contributed by atoms with Crippen LogP contribution in [-0.4, -0.2) is 54.0 Å². The Morgan fingerprint density at radius 3 is 2.45 bits per heavy atom. The third-order valence-electron chi connectivity index (χ3n) is 5.75. The molecule has 0 spiro atoms. The monoisotopic (exact) mass is 416 g/mol. The fraction of sp³-hybridized carbons (Fsp3) is 0.292. The van der Waals surface area contributed by atoms with E-state index in [4.69, 9.17) is 9.47 Å². The van der Waals surface area contributed by atoms with Crippen LogP contribution in [0.5, 0.6) is 11.5 Å². The summed E-state index contributed by atoms with van der Waals surface area (Å²) < 4.78 is 10.8. The van der Waals surface area contributed by atoms with E-state index < -0.39 is 0 Å². The quantitative estimate of drug-likeness (QED) is 0.637. The van der Waals surface area contributed by atoms with Crippen molar-refractivity contribution in [3.05, 3.63) is 66.2 Å². The van der Waals surface area contributed by atoms with Crippen LogP contribution in [0.4, 0.5) is 5.82 Å². The largest absolute Gasteiger partial charge is 0.454 e. The van der Waals surface area contributed by atoms with Gasteiger partial charge in [-0.25, -0.2) is 0 Å². The maximum absolute atomic E-state index is 12.6. The summed E-state index contributed by atoms with van der Waals surface area (Å²) in [5.41, 5.74) is 2.93. The van der Waals surface area contributed by atoms with E-state index in [1.807, 2.05) is 53.4 Å². The molecule has 0 atom stereocenters. The van der Waals surface area contributed by atoms with Crippen LogP contribution in [0.25, 0.3) is 11.3 Å². The highest BCUT2D eigenvalue weighted by molar-refractivity contribution is 5.76. The van der Waals surface area contributed by atoms with E-state index in [0.29, 0.717) is 19.5 Å². The van der Waals surface area contributed by atoms with Crippen molar-refractivity contribution >= 4 is 11.7 Å². The second kappa shape index (κ2) is 8.63. The first-order chi connectivity index (χ1) is 15.3. The van der Waals surface area contributed by atoms with Crippen LogP contribution in [0.2, 0.25) is 0 Å². The Kier molecular flexibility index (Phi) is 5.39. The molecule has 1 aromatic heterocycles. The molecular formula is C24H24N4O3. The standard InChI is InChI=1S/C24H24N4O3/c29-24(11-6-18-4-2-1-3-5-18)28-14-12-27(13-15-28)23-10-8-20(25-26-23)19-7-9-21-22(16-19)31-17-30-21/h1-5,7-10,16H,6,11-15,17H2. The average Bonchev–Trinajstić information content (AvgIpc) is 3.31. The maximum Gasteiger partial charge on any atom is 0.231 e. The summed E-state index contributed by atoms with van der Waals surface area (Å²) in [5, 5.41) is 8.82. The molecule has 3 aromatic rings. The summed E-state index contributed by atoms with van der Waals surface area (Å²) in [7, 11) is 0. The molecule has 7 nitrogen and oxygen atoms in total. The minimum Gasteiger partial charge on any atom is -0.454 e. The Bertz CT molecular complexity index is 1050. The van der Waals surface area contributed by atoms with Gasteiger partial charge in [-0.05, 0) is 42.3 Å². The van der Waals surface area contributed by atoms with E-state index in [1.165, 1.54) is 5.56 Å². The first-order valence-electron chi connectivity index (χ1n) is 10.6. The number of aryl methyl sites for hydroxylation is 1. The summed E-state index contributed by atoms with van der Waals surface area (Å²) >= 11 is 0. The molecule has 3 heterocycles. The van der Waals surface area contributed by atoms with Crippen LogP contribution in [0.3, 0.4) is 0 Å². The van der Waals surface area contributed by atoms with Gasteiger partial charge in [-0.3, -0.25) is 4.79 Å². The molecule has 158 valence electrons. The number of nitrogens with zero attached hydrogens (tertiary/aromatic N) is 4. The maximum atomic E-state index is 12.6. The number of hydrogen-bond donors (Lipinski definition) is 0. The number of carbonyl (C=O) groups is 1. The van der Waals surface area contributed by atoms with Crippen molar-refractivity contribution in [1.82, 2.24) is 15.1 Å². The van der Waals surface area contributed by atoms with Gasteiger partial charge in [-0.2, -0.15) is 0 Å². The third kappa shape index (κ3) is 4.30. The predicted molar refractivity (Wildman–Crippen MR) is 117 cm³/mol. The summed E-state index contributed by atoms with van der Waals surface area (Å²) in [4.78, 5) is 16.7. The zero-order valence-corrected chi connectivity index (χ0v) is 17.2. The normalized spacial score (nSPS) is 15.2. The number of ether oxygens (including phenoxy) is 2. The number of amides is 1. The molecule has 7 heteroatoms. The summed E-state index contributed by atoms with van der Waals surface area (Å²) in [6.07, 6.45) is 1.33. The number of aromatic nitrogens is 2. The van der Waals surface area contributed by atoms with E-state index in [1.54, 1.807) is 0 Å². The van der Waals surface area contributed by atoms with Gasteiger partial charge < -0.3 is 19.3 Å². The molecular weight excluding hydrogens is 392 g/mol. The molecule has 31 heavy (non-hydrogen) atoms. The van der Waals surface area contributed by atoms with E-state index >= 15 is 0 Å². The lowest BCUT2D eigenvalue weighted by Crippen LogP contribution is -2.49. The van der Waals surface area contributed by atoms with Gasteiger partial charge in [-0.15, -0.1) is 10.2 Å². The molecule has 0 radical (unpaired) electrons. The first kappa shape index (κ1) is 19.4. The van der Waals surface area contributed by atoms with E-state index in [0.717, 1.165) is 48.1 Å². The molecule has 0 aliphatic carbocycles. The molecule has 0 unspecified atom stereocenters. The fourth-order valence-electron chi connectivity index (χ4n) is 3.94. The zero-order valence-electron chi connectivity index (χ0n) is 17.2. The number of piperazine rings is 1. The molecule has 1 amide bonds. The van der Waals surface area contributed by atoms with E-state index in [2.05, 4.69) is 27.2 Å². The van der Waals surface area contributed by atoms with Crippen molar-refractivity contribution in [1.29, 1.82) is 0 Å². The number of benzene rings is 2. The van der Waals surface area contributed by atoms with Crippen molar-refractivity contribution in [2.24, 2.45) is 0 Å². The van der Waals surface area contributed by atoms with Gasteiger partial charge in [-0.1, -0.05) is 30.3 Å². The lowest BCUT2D eigenvalue weighted by atomic mass is 10.1. The molecule has 5 rings (SSSR count). The van der Waals surface area contributed by atoms with Crippen molar-refractivity contribution in [3.8, 4) is 22.8 Å². The summed E-state index contributed by atoms with van der Waals surface area (Å²) in [6.45, 7) is 3.19. The van der Waals surface area contributed by atoms with Crippen LogP contribution < -0.4 is 14.4 Å². The average molecular weight is 416 g/mol. The molecule has 1 saturated heterocycles. The number of carbonyl (C=O) groups excluding carboxylic acids is 1. The Balaban J connectivity index is 1.16. The Morgan fingerprint density at radius 2 is 1.68 bits per heavy atom. The number of rotatable bonds is 5. The highest BCUT2D eigenvalue weighted by Crippen LogP contribution is 2.35. The van der Waals surface area contributed by atoms with Gasteiger partial charge in [0.1, 0.15) is 0 Å². The smallest absolute Gasteiger partial charge is 0.231 e. The molecule has 0 bridgehead atoms. The number of anilines is 1. The highest BCUT2D eigenvalue weighted by Gasteiger charge is 2.22.